The highest BCUT2D eigenvalue weighted by molar-refractivity contribution is 7.85. The Hall–Kier alpha value is -3.56. The van der Waals surface area contributed by atoms with Gasteiger partial charge in [-0.3, -0.25) is 18.7 Å². The van der Waals surface area contributed by atoms with E-state index in [1.807, 2.05) is 51.1 Å². The van der Waals surface area contributed by atoms with E-state index in [1.165, 1.54) is 5.56 Å². The van der Waals surface area contributed by atoms with E-state index in [-0.39, 0.29) is 10.8 Å². The second-order valence-electron chi connectivity index (χ2n) is 10.6. The molecule has 39 heavy (non-hydrogen) atoms. The summed E-state index contributed by atoms with van der Waals surface area (Å²) in [5, 5.41) is 11.0. The number of hydrogen-bond donors (Lipinski definition) is 2. The number of nitrogens with one attached hydrogen (secondary N) is 2. The van der Waals surface area contributed by atoms with E-state index in [0.717, 1.165) is 64.5 Å². The zero-order chi connectivity index (χ0) is 28.0. The molecule has 0 spiro atoms. The highest BCUT2D eigenvalue weighted by Crippen LogP contribution is 2.32. The maximum absolute atomic E-state index is 12.9. The number of pyridine rings is 1. The van der Waals surface area contributed by atoms with Gasteiger partial charge in [0.1, 0.15) is 11.5 Å². The smallest absolute Gasteiger partial charge is 0.211 e. The molecule has 1 aliphatic heterocycles. The Labute approximate surface area is 232 Å². The molecular weight excluding hydrogens is 510 g/mol. The third kappa shape index (κ3) is 7.10. The van der Waals surface area contributed by atoms with E-state index in [9.17, 15) is 9.00 Å². The summed E-state index contributed by atoms with van der Waals surface area (Å²) in [4.78, 5) is 15.4. The van der Waals surface area contributed by atoms with Crippen molar-refractivity contribution in [3.05, 3.63) is 72.2 Å². The highest BCUT2D eigenvalue weighted by Gasteiger charge is 2.23. The summed E-state index contributed by atoms with van der Waals surface area (Å²) in [6.45, 7) is 12.1. The van der Waals surface area contributed by atoms with Crippen molar-refractivity contribution < 1.29 is 13.7 Å². The van der Waals surface area contributed by atoms with Gasteiger partial charge in [0.05, 0.1) is 39.0 Å². The van der Waals surface area contributed by atoms with E-state index in [1.54, 1.807) is 23.3 Å². The first-order valence-corrected chi connectivity index (χ1v) is 14.4. The highest BCUT2D eigenvalue weighted by atomic mass is 32.2. The topological polar surface area (TPSA) is 98.1 Å². The van der Waals surface area contributed by atoms with Crippen molar-refractivity contribution in [3.8, 4) is 11.5 Å². The molecule has 0 saturated carbocycles. The third-order valence-electron chi connectivity index (χ3n) is 6.59. The molecule has 1 saturated heterocycles. The summed E-state index contributed by atoms with van der Waals surface area (Å²) in [6, 6.07) is 14.0. The molecule has 2 aromatic heterocycles. The molecule has 2 N–H and O–H groups in total. The van der Waals surface area contributed by atoms with Gasteiger partial charge in [-0.05, 0) is 88.5 Å². The van der Waals surface area contributed by atoms with E-state index in [4.69, 9.17) is 4.74 Å². The fourth-order valence-electron chi connectivity index (χ4n) is 4.31. The lowest BCUT2D eigenvalue weighted by Gasteiger charge is -2.18. The Kier molecular flexibility index (Phi) is 9.14. The number of nitrogens with zero attached hydrogens (tertiary/aromatic N) is 3. The molecule has 5 rings (SSSR count). The Balaban J connectivity index is 0.000000247. The van der Waals surface area contributed by atoms with Crippen molar-refractivity contribution in [2.24, 2.45) is 0 Å². The second kappa shape index (κ2) is 12.5. The number of hydrogen-bond acceptors (Lipinski definition) is 6. The lowest BCUT2D eigenvalue weighted by molar-refractivity contribution is -0.105. The van der Waals surface area contributed by atoms with Gasteiger partial charge in [-0.2, -0.15) is 5.10 Å². The van der Waals surface area contributed by atoms with E-state index in [0.29, 0.717) is 6.41 Å². The van der Waals surface area contributed by atoms with Crippen LogP contribution < -0.4 is 15.4 Å². The number of benzene rings is 2. The van der Waals surface area contributed by atoms with E-state index >= 15 is 0 Å². The second-order valence-corrected chi connectivity index (χ2v) is 12.3. The minimum absolute atomic E-state index is 0.0389. The number of aryl methyl sites for hydroxylation is 2. The van der Waals surface area contributed by atoms with Crippen LogP contribution in [0.1, 0.15) is 45.2 Å². The van der Waals surface area contributed by atoms with Crippen molar-refractivity contribution in [1.82, 2.24) is 20.1 Å². The van der Waals surface area contributed by atoms with Gasteiger partial charge in [0.25, 0.3) is 0 Å². The van der Waals surface area contributed by atoms with Crippen LogP contribution in [0, 0.1) is 6.92 Å². The van der Waals surface area contributed by atoms with Crippen molar-refractivity contribution in [1.29, 1.82) is 0 Å². The summed E-state index contributed by atoms with van der Waals surface area (Å²) >= 11 is 0. The summed E-state index contributed by atoms with van der Waals surface area (Å²) < 4.78 is 20.9. The van der Waals surface area contributed by atoms with Crippen LogP contribution >= 0.6 is 0 Å². The monoisotopic (exact) mass is 547 g/mol. The van der Waals surface area contributed by atoms with Crippen molar-refractivity contribution in [3.63, 3.8) is 0 Å². The predicted molar refractivity (Wildman–Crippen MR) is 157 cm³/mol. The van der Waals surface area contributed by atoms with Gasteiger partial charge in [0.15, 0.2) is 0 Å². The first-order valence-electron chi connectivity index (χ1n) is 13.2. The Morgan fingerprint density at radius 2 is 2.00 bits per heavy atom. The number of carbonyl (C=O) groups is 1. The van der Waals surface area contributed by atoms with Gasteiger partial charge in [-0.15, -0.1) is 0 Å². The fraction of sp³-hybridized carbons (Fsp3) is 0.367. The van der Waals surface area contributed by atoms with Gasteiger partial charge < -0.3 is 15.4 Å². The Morgan fingerprint density at radius 1 is 1.18 bits per heavy atom. The summed E-state index contributed by atoms with van der Waals surface area (Å²) in [5.74, 6) is 1.59. The fourth-order valence-corrected chi connectivity index (χ4v) is 5.74. The van der Waals surface area contributed by atoms with Gasteiger partial charge in [-0.25, -0.2) is 0 Å². The Bertz CT molecular complexity index is 1450. The number of ether oxygens (including phenoxy) is 1. The third-order valence-corrected chi connectivity index (χ3v) is 8.31. The molecule has 1 aliphatic rings. The molecule has 1 fully saturated rings. The number of rotatable bonds is 7. The minimum Gasteiger partial charge on any atom is -0.456 e. The quantitative estimate of drug-likeness (QED) is 0.294. The summed E-state index contributed by atoms with van der Waals surface area (Å²) in [5.41, 5.74) is 3.93. The number of carbonyl (C=O) groups excluding carboxylic acids is 1. The van der Waals surface area contributed by atoms with Gasteiger partial charge in [-0.1, -0.05) is 19.1 Å². The molecule has 9 heteroatoms. The minimum atomic E-state index is -1.02. The normalized spacial score (nSPS) is 15.9. The average molecular weight is 548 g/mol. The zero-order valence-electron chi connectivity index (χ0n) is 23.2. The van der Waals surface area contributed by atoms with Crippen LogP contribution in [0.15, 0.2) is 66.0 Å². The largest absolute Gasteiger partial charge is 0.456 e. The van der Waals surface area contributed by atoms with Crippen LogP contribution in [0.5, 0.6) is 11.5 Å². The van der Waals surface area contributed by atoms with Gasteiger partial charge in [0, 0.05) is 29.2 Å². The lowest BCUT2D eigenvalue weighted by Crippen LogP contribution is -2.21. The number of fused-ring (bicyclic) bond motifs is 1. The summed E-state index contributed by atoms with van der Waals surface area (Å²) in [6.07, 6.45) is 7.78. The van der Waals surface area contributed by atoms with Crippen molar-refractivity contribution in [2.75, 3.05) is 18.4 Å². The first-order chi connectivity index (χ1) is 18.7. The van der Waals surface area contributed by atoms with Gasteiger partial charge in [0.2, 0.25) is 6.41 Å². The molecule has 3 heterocycles. The standard InChI is InChI=1S/C22H24N2O2S.C8H13N3O/c1-3-16-4-7-21(15(2)12-16)26-22-9-11-24-20-6-5-17(13-19(20)22)27(25)18-8-10-23-14-18;1-8(2,3)11-5-7(4-10-11)9-6-12/h4-7,9,11-13,18,23H,3,8,10,14H2,1-2H3;4-6H,1-3H3,(H,9,12). The van der Waals surface area contributed by atoms with Crippen LogP contribution in [0.2, 0.25) is 0 Å². The van der Waals surface area contributed by atoms with Gasteiger partial charge >= 0.3 is 0 Å². The molecule has 2 unspecified atom stereocenters. The van der Waals surface area contributed by atoms with Crippen molar-refractivity contribution in [2.45, 2.75) is 63.1 Å². The van der Waals surface area contributed by atoms with Crippen LogP contribution in [0.25, 0.3) is 10.9 Å². The van der Waals surface area contributed by atoms with Crippen LogP contribution in [0.3, 0.4) is 0 Å². The maximum Gasteiger partial charge on any atom is 0.211 e. The average Bonchev–Trinajstić information content (AvgIpc) is 3.63. The molecule has 206 valence electrons. The number of amides is 1. The Morgan fingerprint density at radius 3 is 2.64 bits per heavy atom. The molecule has 0 bridgehead atoms. The molecule has 0 radical (unpaired) electrons. The first kappa shape index (κ1) is 28.4. The van der Waals surface area contributed by atoms with E-state index < -0.39 is 10.8 Å². The number of aromatic nitrogens is 3. The van der Waals surface area contributed by atoms with Crippen LogP contribution in [0.4, 0.5) is 5.69 Å². The molecular formula is C30H37N5O3S. The SMILES string of the molecule is CC(C)(C)n1cc(NC=O)cn1.CCc1ccc(Oc2ccnc3ccc(S(=O)C4CCNC4)cc23)c(C)c1. The maximum atomic E-state index is 12.9. The summed E-state index contributed by atoms with van der Waals surface area (Å²) in [7, 11) is -1.02. The molecule has 8 nitrogen and oxygen atoms in total. The molecule has 2 aromatic carbocycles. The molecule has 0 aliphatic carbocycles. The zero-order valence-corrected chi connectivity index (χ0v) is 24.0. The molecule has 4 aromatic rings. The van der Waals surface area contributed by atoms with Crippen LogP contribution in [-0.4, -0.2) is 43.7 Å². The number of anilines is 1. The molecule has 1 amide bonds. The van der Waals surface area contributed by atoms with Crippen molar-refractivity contribution >= 4 is 33.8 Å². The lowest BCUT2D eigenvalue weighted by atomic mass is 10.1. The van der Waals surface area contributed by atoms with E-state index in [2.05, 4.69) is 46.7 Å². The predicted octanol–water partition coefficient (Wildman–Crippen LogP) is 5.57. The molecule has 2 atom stereocenters. The van der Waals surface area contributed by atoms with Crippen LogP contribution in [-0.2, 0) is 27.6 Å².